The maximum atomic E-state index is 10.3. The molecule has 0 aliphatic carbocycles. The molecule has 0 aliphatic rings. The summed E-state index contributed by atoms with van der Waals surface area (Å²) in [5, 5.41) is 0. The van der Waals surface area contributed by atoms with Crippen LogP contribution in [0, 0.1) is 0 Å². The second kappa shape index (κ2) is 14.5. The zero-order chi connectivity index (χ0) is 11.2. The molecule has 0 fully saturated rings. The fourth-order valence-electron chi connectivity index (χ4n) is 0.704. The molecule has 0 saturated heterocycles. The van der Waals surface area contributed by atoms with Crippen molar-refractivity contribution >= 4 is 5.97 Å². The van der Waals surface area contributed by atoms with Crippen LogP contribution in [0.3, 0.4) is 0 Å². The van der Waals surface area contributed by atoms with E-state index >= 15 is 0 Å². The van der Waals surface area contributed by atoms with Crippen molar-refractivity contribution in [2.45, 2.75) is 46.0 Å². The van der Waals surface area contributed by atoms with E-state index in [9.17, 15) is 4.79 Å². The molecule has 14 heavy (non-hydrogen) atoms. The van der Waals surface area contributed by atoms with E-state index in [1.54, 1.807) is 0 Å². The van der Waals surface area contributed by atoms with Crippen molar-refractivity contribution in [2.24, 2.45) is 0 Å². The molecule has 82 valence electrons. The van der Waals surface area contributed by atoms with Crippen LogP contribution in [0.25, 0.3) is 0 Å². The van der Waals surface area contributed by atoms with E-state index in [0.29, 0.717) is 6.42 Å². The lowest BCUT2D eigenvalue weighted by molar-refractivity contribution is -0.137. The fourth-order valence-corrected chi connectivity index (χ4v) is 0.704. The van der Waals surface area contributed by atoms with Crippen LogP contribution >= 0.6 is 0 Å². The predicted molar refractivity (Wildman–Crippen MR) is 60.9 cm³/mol. The molecular formula is C12H22O2. The Labute approximate surface area is 87.7 Å². The van der Waals surface area contributed by atoms with E-state index in [1.165, 1.54) is 19.3 Å². The van der Waals surface area contributed by atoms with Crippen molar-refractivity contribution in [1.29, 1.82) is 0 Å². The third-order valence-electron chi connectivity index (χ3n) is 1.43. The van der Waals surface area contributed by atoms with Crippen LogP contribution in [0.15, 0.2) is 25.5 Å². The minimum Gasteiger partial charge on any atom is -0.435 e. The van der Waals surface area contributed by atoms with Crippen LogP contribution in [0.1, 0.15) is 46.0 Å². The summed E-state index contributed by atoms with van der Waals surface area (Å²) in [6.07, 6.45) is 8.17. The minimum atomic E-state index is -0.206. The van der Waals surface area contributed by atoms with E-state index in [0.717, 1.165) is 12.7 Å². The lowest BCUT2D eigenvalue weighted by atomic mass is 10.3. The number of hydrogen-bond donors (Lipinski definition) is 0. The number of allylic oxidation sites excluding steroid dienone is 1. The molecule has 2 heteroatoms. The van der Waals surface area contributed by atoms with Crippen molar-refractivity contribution in [2.75, 3.05) is 0 Å². The third-order valence-corrected chi connectivity index (χ3v) is 1.43. The first-order valence-electron chi connectivity index (χ1n) is 5.14. The number of unbranched alkanes of at least 4 members (excludes halogenated alkanes) is 2. The summed E-state index contributed by atoms with van der Waals surface area (Å²) < 4.78 is 4.41. The van der Waals surface area contributed by atoms with Gasteiger partial charge in [-0.2, -0.15) is 0 Å². The number of carbonyl (C=O) groups is 1. The van der Waals surface area contributed by atoms with Crippen molar-refractivity contribution in [3.8, 4) is 0 Å². The zero-order valence-corrected chi connectivity index (χ0v) is 9.42. The second-order valence-electron chi connectivity index (χ2n) is 2.84. The second-order valence-corrected chi connectivity index (χ2v) is 2.84. The summed E-state index contributed by atoms with van der Waals surface area (Å²) in [4.78, 5) is 10.3. The highest BCUT2D eigenvalue weighted by molar-refractivity contribution is 5.69. The molecule has 0 amide bonds. The van der Waals surface area contributed by atoms with Gasteiger partial charge in [-0.25, -0.2) is 0 Å². The Morgan fingerprint density at radius 1 is 1.29 bits per heavy atom. The Balaban J connectivity index is 0. The van der Waals surface area contributed by atoms with Crippen molar-refractivity contribution in [3.05, 3.63) is 25.5 Å². The summed E-state index contributed by atoms with van der Waals surface area (Å²) >= 11 is 0. The molecule has 0 bridgehead atoms. The lowest BCUT2D eigenvalue weighted by Crippen LogP contribution is -1.96. The predicted octanol–water partition coefficient (Wildman–Crippen LogP) is 3.84. The summed E-state index contributed by atoms with van der Waals surface area (Å²) in [6.45, 7) is 10.9. The smallest absolute Gasteiger partial charge is 0.310 e. The molecule has 0 spiro atoms. The highest BCUT2D eigenvalue weighted by Crippen LogP contribution is 1.91. The maximum Gasteiger partial charge on any atom is 0.310 e. The molecule has 0 atom stereocenters. The van der Waals surface area contributed by atoms with Crippen LogP contribution in [0.4, 0.5) is 0 Å². The summed E-state index contributed by atoms with van der Waals surface area (Å²) in [5.74, 6) is -0.206. The first kappa shape index (κ1) is 15.4. The Hall–Kier alpha value is -1.05. The molecule has 2 nitrogen and oxygen atoms in total. The topological polar surface area (TPSA) is 26.3 Å². The van der Waals surface area contributed by atoms with Gasteiger partial charge in [-0.1, -0.05) is 39.3 Å². The highest BCUT2D eigenvalue weighted by Gasteiger charge is 1.94. The van der Waals surface area contributed by atoms with Gasteiger partial charge in [-0.15, -0.1) is 6.58 Å². The van der Waals surface area contributed by atoms with Gasteiger partial charge >= 0.3 is 5.97 Å². The number of carbonyl (C=O) groups excluding carboxylic acids is 1. The average molecular weight is 198 g/mol. The summed E-state index contributed by atoms with van der Waals surface area (Å²) in [7, 11) is 0. The monoisotopic (exact) mass is 198 g/mol. The SMILES string of the molecule is C=CCCCC.C=COC(=O)CCC. The summed E-state index contributed by atoms with van der Waals surface area (Å²) in [6, 6.07) is 0. The van der Waals surface area contributed by atoms with E-state index in [2.05, 4.69) is 24.8 Å². The van der Waals surface area contributed by atoms with Gasteiger partial charge in [-0.05, 0) is 12.8 Å². The molecule has 0 radical (unpaired) electrons. The zero-order valence-electron chi connectivity index (χ0n) is 9.42. The number of esters is 1. The molecule has 0 aromatic carbocycles. The Morgan fingerprint density at radius 3 is 2.21 bits per heavy atom. The Bertz CT molecular complexity index is 150. The average Bonchev–Trinajstić information content (AvgIpc) is 2.16. The molecule has 0 unspecified atom stereocenters. The van der Waals surface area contributed by atoms with Crippen LogP contribution in [0.5, 0.6) is 0 Å². The van der Waals surface area contributed by atoms with Crippen molar-refractivity contribution in [3.63, 3.8) is 0 Å². The molecule has 0 heterocycles. The van der Waals surface area contributed by atoms with E-state index in [4.69, 9.17) is 0 Å². The van der Waals surface area contributed by atoms with E-state index in [-0.39, 0.29) is 5.97 Å². The fraction of sp³-hybridized carbons (Fsp3) is 0.583. The number of hydrogen-bond acceptors (Lipinski definition) is 2. The molecule has 0 saturated carbocycles. The Morgan fingerprint density at radius 2 is 1.93 bits per heavy atom. The largest absolute Gasteiger partial charge is 0.435 e. The summed E-state index contributed by atoms with van der Waals surface area (Å²) in [5.41, 5.74) is 0. The van der Waals surface area contributed by atoms with Crippen LogP contribution < -0.4 is 0 Å². The van der Waals surface area contributed by atoms with Crippen LogP contribution in [-0.4, -0.2) is 5.97 Å². The number of ether oxygens (including phenoxy) is 1. The van der Waals surface area contributed by atoms with Crippen LogP contribution in [-0.2, 0) is 9.53 Å². The maximum absolute atomic E-state index is 10.3. The van der Waals surface area contributed by atoms with E-state index < -0.39 is 0 Å². The highest BCUT2D eigenvalue weighted by atomic mass is 16.5. The number of rotatable bonds is 6. The van der Waals surface area contributed by atoms with Gasteiger partial charge < -0.3 is 4.74 Å². The normalized spacial score (nSPS) is 8.14. The van der Waals surface area contributed by atoms with Crippen molar-refractivity contribution < 1.29 is 9.53 Å². The molecule has 0 rings (SSSR count). The third kappa shape index (κ3) is 17.2. The van der Waals surface area contributed by atoms with Gasteiger partial charge in [0.15, 0.2) is 0 Å². The quantitative estimate of drug-likeness (QED) is 0.280. The van der Waals surface area contributed by atoms with Gasteiger partial charge in [0, 0.05) is 6.42 Å². The lowest BCUT2D eigenvalue weighted by Gasteiger charge is -1.92. The van der Waals surface area contributed by atoms with Gasteiger partial charge in [-0.3, -0.25) is 4.79 Å². The van der Waals surface area contributed by atoms with Crippen LogP contribution in [0.2, 0.25) is 0 Å². The molecule has 0 aliphatic heterocycles. The standard InChI is InChI=1S/C6H10O2.C6H12/c1-3-5-6(7)8-4-2;1-3-5-6-4-2/h4H,2-3,5H2,1H3;3H,1,4-6H2,2H3. The molecule has 0 aromatic rings. The van der Waals surface area contributed by atoms with Crippen molar-refractivity contribution in [1.82, 2.24) is 0 Å². The van der Waals surface area contributed by atoms with Gasteiger partial charge in [0.25, 0.3) is 0 Å². The first-order chi connectivity index (χ1) is 6.72. The molecule has 0 aromatic heterocycles. The first-order valence-corrected chi connectivity index (χ1v) is 5.14. The molecule has 0 N–H and O–H groups in total. The van der Waals surface area contributed by atoms with Gasteiger partial charge in [0.2, 0.25) is 0 Å². The van der Waals surface area contributed by atoms with Gasteiger partial charge in [0.05, 0.1) is 6.26 Å². The van der Waals surface area contributed by atoms with E-state index in [1.807, 2.05) is 13.0 Å². The molecular weight excluding hydrogens is 176 g/mol. The minimum absolute atomic E-state index is 0.206. The Kier molecular flexibility index (Phi) is 15.9. The van der Waals surface area contributed by atoms with Gasteiger partial charge in [0.1, 0.15) is 0 Å².